The second kappa shape index (κ2) is 15.0. The Kier molecular flexibility index (Phi) is 20.8. The molecule has 1 rings (SSSR count). The van der Waals surface area contributed by atoms with Crippen molar-refractivity contribution in [2.75, 3.05) is 0 Å². The minimum absolute atomic E-state index is 0. The third kappa shape index (κ3) is 18.0. The van der Waals surface area contributed by atoms with Crippen LogP contribution in [0.15, 0.2) is 30.3 Å². The van der Waals surface area contributed by atoms with E-state index < -0.39 is 5.24 Å². The number of nitrogens with one attached hydrogen (secondary N) is 1. The van der Waals surface area contributed by atoms with Gasteiger partial charge >= 0.3 is 29.6 Å². The Labute approximate surface area is 160 Å². The van der Waals surface area contributed by atoms with Crippen molar-refractivity contribution in [2.24, 2.45) is 5.84 Å². The zero-order valence-electron chi connectivity index (χ0n) is 13.2. The van der Waals surface area contributed by atoms with Crippen molar-refractivity contribution in [2.45, 2.75) is 33.2 Å². The van der Waals surface area contributed by atoms with Gasteiger partial charge in [0.25, 0.3) is 0 Å². The van der Waals surface area contributed by atoms with E-state index in [0.29, 0.717) is 0 Å². The summed E-state index contributed by atoms with van der Waals surface area (Å²) in [5.41, 5.74) is 4.82. The number of halogens is 2. The van der Waals surface area contributed by atoms with Crippen molar-refractivity contribution < 1.29 is 39.8 Å². The molecule has 0 aromatic heterocycles. The molecule has 1 aromatic rings. The Morgan fingerprint density at radius 2 is 1.71 bits per heavy atom. The molecule has 0 heterocycles. The largest absolute Gasteiger partial charge is 1.00 e. The number of rotatable bonds is 2. The minimum Gasteiger partial charge on any atom is -0.870 e. The molecule has 0 atom stereocenters. The summed E-state index contributed by atoms with van der Waals surface area (Å²) in [6, 6.07) is 7.80. The average molecular weight is 345 g/mol. The summed E-state index contributed by atoms with van der Waals surface area (Å²) >= 11 is 5.15. The summed E-state index contributed by atoms with van der Waals surface area (Å²) < 4.78 is 0. The van der Waals surface area contributed by atoms with Crippen molar-refractivity contribution in [3.8, 4) is 0 Å². The van der Waals surface area contributed by atoms with E-state index >= 15 is 0 Å². The van der Waals surface area contributed by atoms with Gasteiger partial charge in [-0.05, 0) is 62.6 Å². The van der Waals surface area contributed by atoms with Gasteiger partial charge in [0.05, 0.1) is 0 Å². The Morgan fingerprint density at radius 1 is 1.29 bits per heavy atom. The number of nitrogens with two attached hydrogens (primary N) is 1. The molecule has 21 heavy (non-hydrogen) atoms. The van der Waals surface area contributed by atoms with Gasteiger partial charge < -0.3 is 5.48 Å². The van der Waals surface area contributed by atoms with Gasteiger partial charge in [-0.2, -0.15) is 0 Å². The van der Waals surface area contributed by atoms with E-state index in [9.17, 15) is 4.79 Å². The molecule has 1 aromatic carbocycles. The van der Waals surface area contributed by atoms with E-state index in [-0.39, 0.29) is 53.0 Å². The van der Waals surface area contributed by atoms with Crippen LogP contribution in [0.3, 0.4) is 0 Å². The van der Waals surface area contributed by atoms with E-state index in [1.807, 2.05) is 52.0 Å². The van der Waals surface area contributed by atoms with Crippen molar-refractivity contribution >= 4 is 35.3 Å². The van der Waals surface area contributed by atoms with Gasteiger partial charge in [0.15, 0.2) is 0 Å². The van der Waals surface area contributed by atoms with Gasteiger partial charge in [0, 0.05) is 5.54 Å². The predicted octanol–water partition coefficient (Wildman–Crippen LogP) is 0.271. The van der Waals surface area contributed by atoms with E-state index in [2.05, 4.69) is 5.43 Å². The monoisotopic (exact) mass is 344 g/mol. The first-order valence-electron chi connectivity index (χ1n) is 5.67. The maximum absolute atomic E-state index is 10.4. The summed E-state index contributed by atoms with van der Waals surface area (Å²) in [7, 11) is 0. The van der Waals surface area contributed by atoms with Crippen molar-refractivity contribution in [3.05, 3.63) is 41.5 Å². The number of allylic oxidation sites excluding steroid dienone is 1. The van der Waals surface area contributed by atoms with Crippen LogP contribution >= 0.6 is 24.0 Å². The molecule has 0 bridgehead atoms. The van der Waals surface area contributed by atoms with Crippen LogP contribution in [-0.4, -0.2) is 16.3 Å². The van der Waals surface area contributed by atoms with Gasteiger partial charge in [0.1, 0.15) is 0 Å². The van der Waals surface area contributed by atoms with Crippen LogP contribution in [0.4, 0.5) is 0 Å². The topological polar surface area (TPSA) is 85.1 Å². The zero-order valence-corrected chi connectivity index (χ0v) is 16.8. The van der Waals surface area contributed by atoms with Gasteiger partial charge in [-0.15, -0.1) is 12.4 Å². The Morgan fingerprint density at radius 3 is 2.05 bits per heavy atom. The summed E-state index contributed by atoms with van der Waals surface area (Å²) in [5.74, 6) is 5.06. The van der Waals surface area contributed by atoms with Crippen LogP contribution in [0.5, 0.6) is 0 Å². The molecular formula is C14H23Cl2N2NaO2. The van der Waals surface area contributed by atoms with E-state index in [0.717, 1.165) is 11.1 Å². The van der Waals surface area contributed by atoms with Gasteiger partial charge in [-0.25, -0.2) is 0 Å². The number of hydrogen-bond donors (Lipinski definition) is 2. The third-order valence-electron chi connectivity index (χ3n) is 2.02. The van der Waals surface area contributed by atoms with Crippen molar-refractivity contribution in [3.63, 3.8) is 0 Å². The molecular weight excluding hydrogens is 322 g/mol. The minimum atomic E-state index is -0.446. The summed E-state index contributed by atoms with van der Waals surface area (Å²) in [5, 5.41) is -0.446. The number of carbonyl (C=O) groups excluding carboxylic acids is 1. The molecule has 0 radical (unpaired) electrons. The second-order valence-electron chi connectivity index (χ2n) is 4.89. The number of aryl methyl sites for hydroxylation is 1. The first kappa shape index (κ1) is 29.1. The maximum atomic E-state index is 10.4. The average Bonchev–Trinajstić information content (AvgIpc) is 2.28. The number of hydrogen-bond acceptors (Lipinski definition) is 4. The van der Waals surface area contributed by atoms with Gasteiger partial charge in [-0.3, -0.25) is 16.1 Å². The molecule has 0 saturated heterocycles. The van der Waals surface area contributed by atoms with Crippen LogP contribution in [-0.2, 0) is 4.79 Å². The quantitative estimate of drug-likeness (QED) is 0.265. The van der Waals surface area contributed by atoms with Crippen LogP contribution in [0, 0.1) is 6.92 Å². The molecule has 0 saturated carbocycles. The molecule has 0 aliphatic carbocycles. The fraction of sp³-hybridized carbons (Fsp3) is 0.357. The molecule has 0 aliphatic heterocycles. The maximum Gasteiger partial charge on any atom is 1.00 e. The Bertz CT molecular complexity index is 422. The first-order chi connectivity index (χ1) is 8.26. The molecule has 0 fully saturated rings. The number of hydrazine groups is 1. The van der Waals surface area contributed by atoms with Crippen molar-refractivity contribution in [1.82, 2.24) is 5.43 Å². The third-order valence-corrected chi connectivity index (χ3v) is 2.14. The summed E-state index contributed by atoms with van der Waals surface area (Å²) in [6.45, 7) is 8.01. The smallest absolute Gasteiger partial charge is 0.870 e. The Balaban J connectivity index is -0.000000142. The number of carbonyl (C=O) groups is 1. The molecule has 0 amide bonds. The molecule has 7 heteroatoms. The summed E-state index contributed by atoms with van der Waals surface area (Å²) in [6.07, 6.45) is 3.06. The standard InChI is InChI=1S/C10H9ClO.C4H12N2.ClH.Na.H2O/c1-8-4-2-3-5-9(8)6-7-10(11)12;1-4(2,3)6-5;;;/h2-7H,1H3;6H,5H2,1-3H3;1H;;1H2/q;;;+1;/p-1. The Hall–Kier alpha value is 0.0900. The fourth-order valence-corrected chi connectivity index (χ4v) is 0.992. The van der Waals surface area contributed by atoms with Crippen LogP contribution < -0.4 is 40.8 Å². The molecule has 116 valence electrons. The molecule has 0 aliphatic rings. The van der Waals surface area contributed by atoms with Crippen molar-refractivity contribution in [1.29, 1.82) is 0 Å². The SMILES string of the molecule is CC(C)(C)NN.Cc1ccccc1C=CC(=O)Cl.Cl.[Na+].[OH-]. The fourth-order valence-electron chi connectivity index (χ4n) is 0.929. The second-order valence-corrected chi connectivity index (χ2v) is 5.26. The van der Waals surface area contributed by atoms with E-state index in [1.165, 1.54) is 6.08 Å². The van der Waals surface area contributed by atoms with Crippen LogP contribution in [0.2, 0.25) is 0 Å². The summed E-state index contributed by atoms with van der Waals surface area (Å²) in [4.78, 5) is 10.4. The molecule has 4 N–H and O–H groups in total. The molecule has 4 nitrogen and oxygen atoms in total. The predicted molar refractivity (Wildman–Crippen MR) is 87.3 cm³/mol. The number of benzene rings is 1. The first-order valence-corrected chi connectivity index (χ1v) is 6.05. The zero-order chi connectivity index (χ0) is 14.2. The van der Waals surface area contributed by atoms with Gasteiger partial charge in [-0.1, -0.05) is 24.3 Å². The van der Waals surface area contributed by atoms with Crippen LogP contribution in [0.1, 0.15) is 31.9 Å². The van der Waals surface area contributed by atoms with Gasteiger partial charge in [0.2, 0.25) is 5.24 Å². The molecule has 0 unspecified atom stereocenters. The van der Waals surface area contributed by atoms with E-state index in [1.54, 1.807) is 6.08 Å². The van der Waals surface area contributed by atoms with E-state index in [4.69, 9.17) is 17.4 Å². The van der Waals surface area contributed by atoms with Crippen LogP contribution in [0.25, 0.3) is 6.08 Å². The normalized spacial score (nSPS) is 9.43. The molecule has 0 spiro atoms.